The number of hydrogen-bond donors (Lipinski definition) is 1. The topological polar surface area (TPSA) is 45.0 Å². The molecular weight excluding hydrogens is 304 g/mol. The Morgan fingerprint density at radius 3 is 2.63 bits per heavy atom. The van der Waals surface area contributed by atoms with Gasteiger partial charge >= 0.3 is 0 Å². The fourth-order valence-corrected chi connectivity index (χ4v) is 2.14. The average Bonchev–Trinajstić information content (AvgIpc) is 2.39. The average molecular weight is 317 g/mol. The second-order valence-electron chi connectivity index (χ2n) is 4.13. The number of benzene rings is 2. The first-order chi connectivity index (χ1) is 9.13. The molecule has 0 heterocycles. The van der Waals surface area contributed by atoms with Crippen molar-refractivity contribution in [2.45, 2.75) is 6.92 Å². The van der Waals surface area contributed by atoms with E-state index in [2.05, 4.69) is 27.3 Å². The van der Waals surface area contributed by atoms with Crippen LogP contribution in [0, 0.1) is 18.3 Å². The minimum atomic E-state index is 0.590. The number of nitrogens with one attached hydrogen (secondary N) is 1. The Kier molecular flexibility index (Phi) is 4.08. The van der Waals surface area contributed by atoms with Gasteiger partial charge in [0.05, 0.1) is 24.0 Å². The first-order valence-corrected chi connectivity index (χ1v) is 6.54. The zero-order valence-corrected chi connectivity index (χ0v) is 12.3. The molecule has 0 unspecified atom stereocenters. The molecule has 4 heteroatoms. The molecule has 0 saturated heterocycles. The highest BCUT2D eigenvalue weighted by Gasteiger charge is 2.07. The molecule has 0 aliphatic carbocycles. The van der Waals surface area contributed by atoms with E-state index in [0.717, 1.165) is 27.2 Å². The van der Waals surface area contributed by atoms with Gasteiger partial charge in [-0.3, -0.25) is 0 Å². The summed E-state index contributed by atoms with van der Waals surface area (Å²) in [5.41, 5.74) is 3.31. The lowest BCUT2D eigenvalue weighted by molar-refractivity contribution is 0.416. The molecule has 0 fully saturated rings. The van der Waals surface area contributed by atoms with Crippen molar-refractivity contribution in [2.75, 3.05) is 12.4 Å². The lowest BCUT2D eigenvalue weighted by atomic mass is 10.1. The summed E-state index contributed by atoms with van der Waals surface area (Å²) in [6.07, 6.45) is 0. The number of ether oxygens (including phenoxy) is 1. The molecule has 0 radical (unpaired) electrons. The monoisotopic (exact) mass is 316 g/mol. The molecule has 2 aromatic carbocycles. The Morgan fingerprint density at radius 2 is 1.95 bits per heavy atom. The molecule has 2 aromatic rings. The van der Waals surface area contributed by atoms with Crippen molar-refractivity contribution in [3.8, 4) is 11.8 Å². The summed E-state index contributed by atoms with van der Waals surface area (Å²) in [4.78, 5) is 0. The van der Waals surface area contributed by atoms with Gasteiger partial charge < -0.3 is 10.1 Å². The van der Waals surface area contributed by atoms with Gasteiger partial charge in [-0.2, -0.15) is 5.26 Å². The number of nitriles is 1. The summed E-state index contributed by atoms with van der Waals surface area (Å²) >= 11 is 3.41. The molecule has 0 saturated carbocycles. The summed E-state index contributed by atoms with van der Waals surface area (Å²) in [5, 5.41) is 12.4. The second-order valence-corrected chi connectivity index (χ2v) is 5.05. The summed E-state index contributed by atoms with van der Waals surface area (Å²) in [5.74, 6) is 0.745. The van der Waals surface area contributed by atoms with Gasteiger partial charge in [-0.05, 0) is 42.8 Å². The lowest BCUT2D eigenvalue weighted by Crippen LogP contribution is -1.97. The van der Waals surface area contributed by atoms with Crippen molar-refractivity contribution in [3.05, 3.63) is 52.0 Å². The van der Waals surface area contributed by atoms with E-state index in [0.29, 0.717) is 5.56 Å². The summed E-state index contributed by atoms with van der Waals surface area (Å²) in [6.45, 7) is 2.01. The Bertz CT molecular complexity index is 647. The number of hydrogen-bond acceptors (Lipinski definition) is 3. The van der Waals surface area contributed by atoms with Crippen LogP contribution in [-0.4, -0.2) is 7.11 Å². The standard InChI is InChI=1S/C15H13BrN2O/c1-10-3-6-15(19-2)14(7-10)18-13-8-12(16)5-4-11(13)9-17/h3-8,18H,1-2H3. The van der Waals surface area contributed by atoms with Gasteiger partial charge in [-0.1, -0.05) is 22.0 Å². The predicted octanol–water partition coefficient (Wildman–Crippen LogP) is 4.38. The van der Waals surface area contributed by atoms with Crippen LogP contribution in [0.1, 0.15) is 11.1 Å². The smallest absolute Gasteiger partial charge is 0.142 e. The maximum absolute atomic E-state index is 9.13. The zero-order chi connectivity index (χ0) is 13.8. The maximum Gasteiger partial charge on any atom is 0.142 e. The van der Waals surface area contributed by atoms with E-state index < -0.39 is 0 Å². The highest BCUT2D eigenvalue weighted by atomic mass is 79.9. The summed E-state index contributed by atoms with van der Waals surface area (Å²) < 4.78 is 6.24. The van der Waals surface area contributed by atoms with Crippen LogP contribution in [0.5, 0.6) is 5.75 Å². The SMILES string of the molecule is COc1ccc(C)cc1Nc1cc(Br)ccc1C#N. The summed E-state index contributed by atoms with van der Waals surface area (Å²) in [7, 11) is 1.63. The van der Waals surface area contributed by atoms with Gasteiger partial charge in [-0.15, -0.1) is 0 Å². The van der Waals surface area contributed by atoms with Crippen LogP contribution in [0.25, 0.3) is 0 Å². The fourth-order valence-electron chi connectivity index (χ4n) is 1.78. The number of aryl methyl sites for hydroxylation is 1. The Hall–Kier alpha value is -1.99. The van der Waals surface area contributed by atoms with Crippen LogP contribution < -0.4 is 10.1 Å². The number of anilines is 2. The van der Waals surface area contributed by atoms with E-state index in [-0.39, 0.29) is 0 Å². The second kappa shape index (κ2) is 5.77. The van der Waals surface area contributed by atoms with Crippen LogP contribution >= 0.6 is 15.9 Å². The van der Waals surface area contributed by atoms with Gasteiger partial charge in [-0.25, -0.2) is 0 Å². The fraction of sp³-hybridized carbons (Fsp3) is 0.133. The van der Waals surface area contributed by atoms with Crippen molar-refractivity contribution in [2.24, 2.45) is 0 Å². The van der Waals surface area contributed by atoms with Crippen LogP contribution in [0.3, 0.4) is 0 Å². The predicted molar refractivity (Wildman–Crippen MR) is 79.9 cm³/mol. The number of methoxy groups -OCH3 is 1. The van der Waals surface area contributed by atoms with Crippen LogP contribution in [0.4, 0.5) is 11.4 Å². The normalized spacial score (nSPS) is 9.79. The van der Waals surface area contributed by atoms with Crippen LogP contribution in [0.2, 0.25) is 0 Å². The minimum Gasteiger partial charge on any atom is -0.495 e. The van der Waals surface area contributed by atoms with Crippen molar-refractivity contribution in [3.63, 3.8) is 0 Å². The molecule has 0 spiro atoms. The number of rotatable bonds is 3. The van der Waals surface area contributed by atoms with E-state index in [9.17, 15) is 0 Å². The Morgan fingerprint density at radius 1 is 1.16 bits per heavy atom. The van der Waals surface area contributed by atoms with Crippen LogP contribution in [0.15, 0.2) is 40.9 Å². The third-order valence-corrected chi connectivity index (χ3v) is 3.22. The molecule has 0 amide bonds. The molecule has 0 aromatic heterocycles. The Balaban J connectivity index is 2.44. The molecule has 0 bridgehead atoms. The first-order valence-electron chi connectivity index (χ1n) is 5.75. The molecule has 1 N–H and O–H groups in total. The number of halogens is 1. The molecule has 2 rings (SSSR count). The molecule has 19 heavy (non-hydrogen) atoms. The van der Waals surface area contributed by atoms with Gasteiger partial charge in [0.1, 0.15) is 11.8 Å². The third kappa shape index (κ3) is 3.07. The Labute approximate surface area is 121 Å². The van der Waals surface area contributed by atoms with E-state index in [1.807, 2.05) is 37.3 Å². The van der Waals surface area contributed by atoms with E-state index in [4.69, 9.17) is 10.00 Å². The lowest BCUT2D eigenvalue weighted by Gasteiger charge is -2.13. The van der Waals surface area contributed by atoms with E-state index in [1.54, 1.807) is 13.2 Å². The van der Waals surface area contributed by atoms with Crippen LogP contribution in [-0.2, 0) is 0 Å². The van der Waals surface area contributed by atoms with Crippen molar-refractivity contribution in [1.29, 1.82) is 5.26 Å². The van der Waals surface area contributed by atoms with Crippen molar-refractivity contribution < 1.29 is 4.74 Å². The molecule has 0 aliphatic heterocycles. The van der Waals surface area contributed by atoms with Gasteiger partial charge in [0, 0.05) is 4.47 Å². The molecule has 3 nitrogen and oxygen atoms in total. The number of nitrogens with zero attached hydrogens (tertiary/aromatic N) is 1. The molecular formula is C15H13BrN2O. The molecule has 96 valence electrons. The van der Waals surface area contributed by atoms with Gasteiger partial charge in [0.25, 0.3) is 0 Å². The maximum atomic E-state index is 9.13. The highest BCUT2D eigenvalue weighted by Crippen LogP contribution is 2.31. The highest BCUT2D eigenvalue weighted by molar-refractivity contribution is 9.10. The van der Waals surface area contributed by atoms with Crippen molar-refractivity contribution in [1.82, 2.24) is 0 Å². The third-order valence-electron chi connectivity index (χ3n) is 2.73. The largest absolute Gasteiger partial charge is 0.495 e. The van der Waals surface area contributed by atoms with Crippen molar-refractivity contribution >= 4 is 27.3 Å². The van der Waals surface area contributed by atoms with E-state index >= 15 is 0 Å². The summed E-state index contributed by atoms with van der Waals surface area (Å²) in [6, 6.07) is 13.5. The quantitative estimate of drug-likeness (QED) is 0.913. The van der Waals surface area contributed by atoms with Gasteiger partial charge in [0.15, 0.2) is 0 Å². The first kappa shape index (κ1) is 13.4. The van der Waals surface area contributed by atoms with Gasteiger partial charge in [0.2, 0.25) is 0 Å². The molecule has 0 atom stereocenters. The zero-order valence-electron chi connectivity index (χ0n) is 10.7. The molecule has 0 aliphatic rings. The van der Waals surface area contributed by atoms with E-state index in [1.165, 1.54) is 0 Å². The minimum absolute atomic E-state index is 0.590.